The number of amides is 1. The van der Waals surface area contributed by atoms with Gasteiger partial charge in [0.2, 0.25) is 0 Å². The average Bonchev–Trinajstić information content (AvgIpc) is 3.00. The van der Waals surface area contributed by atoms with Gasteiger partial charge in [-0.05, 0) is 55.2 Å². The van der Waals surface area contributed by atoms with E-state index in [-0.39, 0.29) is 17.2 Å². The summed E-state index contributed by atoms with van der Waals surface area (Å²) in [5, 5.41) is 17.1. The topological polar surface area (TPSA) is 124 Å². The monoisotopic (exact) mass is 568 g/mol. The van der Waals surface area contributed by atoms with Crippen molar-refractivity contribution in [2.24, 2.45) is 0 Å². The van der Waals surface area contributed by atoms with Gasteiger partial charge in [0.05, 0.1) is 35.4 Å². The van der Waals surface area contributed by atoms with Crippen molar-refractivity contribution in [1.29, 1.82) is 5.26 Å². The number of pyridine rings is 1. The van der Waals surface area contributed by atoms with Crippen molar-refractivity contribution >= 4 is 22.5 Å². The van der Waals surface area contributed by atoms with Crippen LogP contribution in [0.15, 0.2) is 53.5 Å². The zero-order valence-corrected chi connectivity index (χ0v) is 23.1. The van der Waals surface area contributed by atoms with Crippen molar-refractivity contribution in [3.8, 4) is 17.6 Å². The van der Waals surface area contributed by atoms with Gasteiger partial charge in [-0.25, -0.2) is 14.5 Å². The quantitative estimate of drug-likeness (QED) is 0.357. The van der Waals surface area contributed by atoms with Gasteiger partial charge in [0.1, 0.15) is 17.6 Å². The number of anilines is 1. The second-order valence-electron chi connectivity index (χ2n) is 10.5. The summed E-state index contributed by atoms with van der Waals surface area (Å²) in [7, 11) is 1.52. The number of aromatic nitrogens is 3. The van der Waals surface area contributed by atoms with Crippen LogP contribution in [0.5, 0.6) is 11.5 Å². The maximum atomic E-state index is 15.0. The second kappa shape index (κ2) is 11.5. The van der Waals surface area contributed by atoms with Gasteiger partial charge in [-0.15, -0.1) is 0 Å². The molecule has 0 spiro atoms. The Bertz CT molecular complexity index is 1760. The number of methoxy groups -OCH3 is 1. The van der Waals surface area contributed by atoms with Crippen molar-refractivity contribution in [3.05, 3.63) is 87.2 Å². The first kappa shape index (κ1) is 27.2. The molecule has 1 N–H and O–H groups in total. The number of halogens is 1. The minimum atomic E-state index is -0.600. The number of rotatable bonds is 7. The SMILES string of the molecule is COc1cc(C#N)cnc1N1CCN(C(=O)c2cc(Cc3n[nH]c(=O)c4ccc(OC5CCC5)cc34)ccc2F)CC1. The van der Waals surface area contributed by atoms with E-state index in [1.807, 2.05) is 17.0 Å². The number of hydrogen-bond acceptors (Lipinski definition) is 8. The minimum absolute atomic E-state index is 0.0160. The molecular weight excluding hydrogens is 539 g/mol. The molecule has 6 rings (SSSR count). The maximum Gasteiger partial charge on any atom is 0.272 e. The Hall–Kier alpha value is -4.98. The van der Waals surface area contributed by atoms with Gasteiger partial charge in [-0.1, -0.05) is 6.07 Å². The summed E-state index contributed by atoms with van der Waals surface area (Å²) < 4.78 is 26.4. The molecule has 0 atom stereocenters. The molecule has 2 fully saturated rings. The van der Waals surface area contributed by atoms with E-state index in [0.29, 0.717) is 77.5 Å². The number of hydrogen-bond donors (Lipinski definition) is 1. The third-order valence-electron chi connectivity index (χ3n) is 7.87. The van der Waals surface area contributed by atoms with E-state index in [0.717, 1.165) is 19.3 Å². The van der Waals surface area contributed by atoms with Crippen LogP contribution in [0, 0.1) is 17.1 Å². The molecule has 0 radical (unpaired) electrons. The van der Waals surface area contributed by atoms with Crippen molar-refractivity contribution in [1.82, 2.24) is 20.1 Å². The Morgan fingerprint density at radius 1 is 1.12 bits per heavy atom. The molecule has 2 aromatic carbocycles. The van der Waals surface area contributed by atoms with Crippen LogP contribution < -0.4 is 19.9 Å². The Balaban J connectivity index is 1.19. The van der Waals surface area contributed by atoms with Gasteiger partial charge in [0.15, 0.2) is 11.6 Å². The molecule has 2 aromatic heterocycles. The van der Waals surface area contributed by atoms with Crippen LogP contribution in [0.4, 0.5) is 10.2 Å². The van der Waals surface area contributed by atoms with E-state index in [4.69, 9.17) is 14.7 Å². The van der Waals surface area contributed by atoms with Crippen LogP contribution >= 0.6 is 0 Å². The molecule has 0 unspecified atom stereocenters. The van der Waals surface area contributed by atoms with Crippen molar-refractivity contribution in [3.63, 3.8) is 0 Å². The normalized spacial score (nSPS) is 15.3. The summed E-state index contributed by atoms with van der Waals surface area (Å²) in [6, 6.07) is 13.5. The minimum Gasteiger partial charge on any atom is -0.493 e. The molecule has 214 valence electrons. The standard InChI is InChI=1S/C31H29FN6O4/c1-41-28-15-20(17-33)18-34-29(28)37-9-11-38(12-10-37)31(40)25-13-19(5-8-26(25)32)14-27-24-16-22(42-21-3-2-4-21)6-7-23(24)30(39)36-35-27/h5-8,13,15-16,18,21H,2-4,9-12,14H2,1H3,(H,36,39). The van der Waals surface area contributed by atoms with Gasteiger partial charge in [0.25, 0.3) is 11.5 Å². The third-order valence-corrected chi connectivity index (χ3v) is 7.87. The number of nitrogens with zero attached hydrogens (tertiary/aromatic N) is 5. The summed E-state index contributed by atoms with van der Waals surface area (Å²) >= 11 is 0. The van der Waals surface area contributed by atoms with Crippen molar-refractivity contribution in [2.45, 2.75) is 31.8 Å². The van der Waals surface area contributed by atoms with Crippen LogP contribution in [0.3, 0.4) is 0 Å². The van der Waals surface area contributed by atoms with Gasteiger partial charge in [-0.3, -0.25) is 9.59 Å². The number of aromatic amines is 1. The van der Waals surface area contributed by atoms with Gasteiger partial charge < -0.3 is 19.3 Å². The molecule has 42 heavy (non-hydrogen) atoms. The lowest BCUT2D eigenvalue weighted by molar-refractivity contribution is 0.0741. The van der Waals surface area contributed by atoms with E-state index in [9.17, 15) is 14.0 Å². The van der Waals surface area contributed by atoms with Gasteiger partial charge in [0, 0.05) is 50.2 Å². The van der Waals surface area contributed by atoms with Crippen molar-refractivity contribution < 1.29 is 18.7 Å². The number of benzene rings is 2. The van der Waals surface area contributed by atoms with Crippen LogP contribution in [0.1, 0.15) is 46.4 Å². The van der Waals surface area contributed by atoms with Crippen LogP contribution in [-0.2, 0) is 6.42 Å². The van der Waals surface area contributed by atoms with E-state index >= 15 is 0 Å². The number of ether oxygens (including phenoxy) is 2. The van der Waals surface area contributed by atoms with Crippen molar-refractivity contribution in [2.75, 3.05) is 38.2 Å². The van der Waals surface area contributed by atoms with E-state index in [1.165, 1.54) is 19.4 Å². The highest BCUT2D eigenvalue weighted by Crippen LogP contribution is 2.29. The lowest BCUT2D eigenvalue weighted by Gasteiger charge is -2.36. The van der Waals surface area contributed by atoms with Crippen LogP contribution in [0.2, 0.25) is 0 Å². The molecule has 1 aliphatic heterocycles. The fraction of sp³-hybridized carbons (Fsp3) is 0.323. The number of piperazine rings is 1. The zero-order valence-electron chi connectivity index (χ0n) is 23.1. The zero-order chi connectivity index (χ0) is 29.2. The predicted molar refractivity (Wildman–Crippen MR) is 153 cm³/mol. The third kappa shape index (κ3) is 5.35. The average molecular weight is 569 g/mol. The molecule has 3 heterocycles. The largest absolute Gasteiger partial charge is 0.493 e. The fourth-order valence-electron chi connectivity index (χ4n) is 5.31. The first-order valence-electron chi connectivity index (χ1n) is 13.9. The maximum absolute atomic E-state index is 15.0. The highest BCUT2D eigenvalue weighted by molar-refractivity contribution is 5.95. The molecule has 1 amide bonds. The predicted octanol–water partition coefficient (Wildman–Crippen LogP) is 3.82. The summed E-state index contributed by atoms with van der Waals surface area (Å²) in [5.74, 6) is 0.765. The number of nitriles is 1. The molecule has 1 saturated heterocycles. The molecule has 10 nitrogen and oxygen atoms in total. The number of fused-ring (bicyclic) bond motifs is 1. The first-order chi connectivity index (χ1) is 20.4. The Morgan fingerprint density at radius 3 is 2.64 bits per heavy atom. The highest BCUT2D eigenvalue weighted by Gasteiger charge is 2.27. The van der Waals surface area contributed by atoms with E-state index in [1.54, 1.807) is 35.2 Å². The smallest absolute Gasteiger partial charge is 0.272 e. The Labute approximate surface area is 241 Å². The molecule has 1 saturated carbocycles. The summed E-state index contributed by atoms with van der Waals surface area (Å²) in [5.41, 5.74) is 1.37. The fourth-order valence-corrected chi connectivity index (χ4v) is 5.31. The number of H-pyrrole nitrogens is 1. The molecule has 2 aliphatic rings. The lowest BCUT2D eigenvalue weighted by atomic mass is 9.96. The van der Waals surface area contributed by atoms with E-state index in [2.05, 4.69) is 15.2 Å². The molecule has 1 aliphatic carbocycles. The first-order valence-corrected chi connectivity index (χ1v) is 13.9. The van der Waals surface area contributed by atoms with Crippen LogP contribution in [0.25, 0.3) is 10.8 Å². The second-order valence-corrected chi connectivity index (χ2v) is 10.5. The lowest BCUT2D eigenvalue weighted by Crippen LogP contribution is -2.49. The van der Waals surface area contributed by atoms with Gasteiger partial charge >= 0.3 is 0 Å². The van der Waals surface area contributed by atoms with Crippen LogP contribution in [-0.4, -0.2) is 65.4 Å². The van der Waals surface area contributed by atoms with Gasteiger partial charge in [-0.2, -0.15) is 10.4 Å². The Kier molecular flexibility index (Phi) is 7.44. The molecular formula is C31H29FN6O4. The highest BCUT2D eigenvalue weighted by atomic mass is 19.1. The van der Waals surface area contributed by atoms with E-state index < -0.39 is 11.7 Å². The Morgan fingerprint density at radius 2 is 1.93 bits per heavy atom. The number of nitrogens with one attached hydrogen (secondary N) is 1. The summed E-state index contributed by atoms with van der Waals surface area (Å²) in [6.45, 7) is 1.67. The molecule has 0 bridgehead atoms. The molecule has 4 aromatic rings. The summed E-state index contributed by atoms with van der Waals surface area (Å²) in [4.78, 5) is 33.8. The number of carbonyl (C=O) groups excluding carboxylic acids is 1. The number of carbonyl (C=O) groups is 1. The molecule has 11 heteroatoms. The summed E-state index contributed by atoms with van der Waals surface area (Å²) in [6.07, 6.45) is 5.14.